The summed E-state index contributed by atoms with van der Waals surface area (Å²) in [4.78, 5) is 19.4. The van der Waals surface area contributed by atoms with Crippen molar-refractivity contribution in [3.05, 3.63) is 60.0 Å². The third-order valence-electron chi connectivity index (χ3n) is 5.54. The van der Waals surface area contributed by atoms with Crippen molar-refractivity contribution in [2.24, 2.45) is 0 Å². The molecule has 0 spiro atoms. The maximum absolute atomic E-state index is 13.0. The molecule has 2 aliphatic rings. The van der Waals surface area contributed by atoms with E-state index in [0.29, 0.717) is 12.3 Å². The molecule has 1 amide bonds. The van der Waals surface area contributed by atoms with Crippen LogP contribution in [0.15, 0.2) is 48.8 Å². The minimum absolute atomic E-state index is 0.00626. The summed E-state index contributed by atoms with van der Waals surface area (Å²) < 4.78 is 14.0. The Balaban J connectivity index is 1.30. The Kier molecular flexibility index (Phi) is 4.23. The van der Waals surface area contributed by atoms with Crippen molar-refractivity contribution in [3.63, 3.8) is 0 Å². The minimum atomic E-state index is -0.241. The van der Waals surface area contributed by atoms with E-state index in [0.717, 1.165) is 41.9 Å². The summed E-state index contributed by atoms with van der Waals surface area (Å²) in [5.74, 6) is 1.41. The summed E-state index contributed by atoms with van der Waals surface area (Å²) >= 11 is 0. The first-order valence-electron chi connectivity index (χ1n) is 10.1. The van der Waals surface area contributed by atoms with Crippen LogP contribution in [0.25, 0.3) is 5.65 Å². The van der Waals surface area contributed by atoms with Gasteiger partial charge < -0.3 is 18.8 Å². The highest BCUT2D eigenvalue weighted by Gasteiger charge is 2.35. The molecule has 0 N–H and O–H groups in total. The van der Waals surface area contributed by atoms with Gasteiger partial charge in [-0.1, -0.05) is 18.2 Å². The van der Waals surface area contributed by atoms with Gasteiger partial charge in [-0.05, 0) is 44.9 Å². The minimum Gasteiger partial charge on any atom is -0.483 e. The van der Waals surface area contributed by atoms with Gasteiger partial charge in [-0.25, -0.2) is 4.98 Å². The predicted molar refractivity (Wildman–Crippen MR) is 109 cm³/mol. The number of benzene rings is 1. The SMILES string of the molecule is CC1(C)Cc2cccc(OCC(=O)N(Cc3cnc4ccccn34)C3CC3)c2O1. The smallest absolute Gasteiger partial charge is 0.261 e. The molecule has 1 fully saturated rings. The fourth-order valence-corrected chi connectivity index (χ4v) is 4.01. The van der Waals surface area contributed by atoms with Crippen LogP contribution in [0.3, 0.4) is 0 Å². The Morgan fingerprint density at radius 2 is 2.14 bits per heavy atom. The van der Waals surface area contributed by atoms with Crippen molar-refractivity contribution in [1.29, 1.82) is 0 Å². The van der Waals surface area contributed by atoms with E-state index in [9.17, 15) is 4.79 Å². The Morgan fingerprint density at radius 1 is 1.28 bits per heavy atom. The van der Waals surface area contributed by atoms with E-state index in [1.54, 1.807) is 0 Å². The van der Waals surface area contributed by atoms with Gasteiger partial charge in [0.1, 0.15) is 11.2 Å². The molecule has 3 aromatic rings. The molecule has 0 bridgehead atoms. The Morgan fingerprint density at radius 3 is 2.97 bits per heavy atom. The van der Waals surface area contributed by atoms with Crippen LogP contribution in [0, 0.1) is 0 Å². The average Bonchev–Trinajstić information content (AvgIpc) is 3.37. The quantitative estimate of drug-likeness (QED) is 0.644. The first-order chi connectivity index (χ1) is 14.0. The van der Waals surface area contributed by atoms with E-state index < -0.39 is 0 Å². The lowest BCUT2D eigenvalue weighted by molar-refractivity contribution is -0.134. The molecular weight excluding hydrogens is 366 g/mol. The Hall–Kier alpha value is -3.02. The van der Waals surface area contributed by atoms with Crippen molar-refractivity contribution in [3.8, 4) is 11.5 Å². The van der Waals surface area contributed by atoms with Crippen molar-refractivity contribution in [1.82, 2.24) is 14.3 Å². The van der Waals surface area contributed by atoms with E-state index >= 15 is 0 Å². The molecule has 2 aromatic heterocycles. The molecular formula is C23H25N3O3. The number of carbonyl (C=O) groups excluding carboxylic acids is 1. The number of para-hydroxylation sites is 1. The molecule has 0 radical (unpaired) electrons. The van der Waals surface area contributed by atoms with Gasteiger partial charge in [0, 0.05) is 24.2 Å². The van der Waals surface area contributed by atoms with E-state index in [2.05, 4.69) is 24.9 Å². The van der Waals surface area contributed by atoms with Gasteiger partial charge in [0.25, 0.3) is 5.91 Å². The molecule has 6 nitrogen and oxygen atoms in total. The van der Waals surface area contributed by atoms with Gasteiger partial charge in [0.05, 0.1) is 18.4 Å². The maximum atomic E-state index is 13.0. The normalized spacial score (nSPS) is 17.0. The lowest BCUT2D eigenvalue weighted by atomic mass is 10.0. The van der Waals surface area contributed by atoms with Crippen LogP contribution in [0.4, 0.5) is 0 Å². The number of pyridine rings is 1. The molecule has 1 aromatic carbocycles. The zero-order chi connectivity index (χ0) is 20.0. The van der Waals surface area contributed by atoms with Gasteiger partial charge in [0.15, 0.2) is 18.1 Å². The number of aromatic nitrogens is 2. The zero-order valence-electron chi connectivity index (χ0n) is 16.8. The van der Waals surface area contributed by atoms with Gasteiger partial charge in [-0.15, -0.1) is 0 Å². The molecule has 1 saturated carbocycles. The summed E-state index contributed by atoms with van der Waals surface area (Å²) in [6.45, 7) is 4.67. The lowest BCUT2D eigenvalue weighted by Crippen LogP contribution is -2.36. The van der Waals surface area contributed by atoms with E-state index in [1.165, 1.54) is 0 Å². The second-order valence-corrected chi connectivity index (χ2v) is 8.50. The molecule has 5 rings (SSSR count). The van der Waals surface area contributed by atoms with Crippen LogP contribution < -0.4 is 9.47 Å². The summed E-state index contributed by atoms with van der Waals surface area (Å²) in [6.07, 6.45) is 6.76. The maximum Gasteiger partial charge on any atom is 0.261 e. The number of rotatable bonds is 6. The van der Waals surface area contributed by atoms with E-state index in [4.69, 9.17) is 9.47 Å². The number of nitrogens with zero attached hydrogens (tertiary/aromatic N) is 3. The highest BCUT2D eigenvalue weighted by molar-refractivity contribution is 5.78. The largest absolute Gasteiger partial charge is 0.483 e. The summed E-state index contributed by atoms with van der Waals surface area (Å²) in [6, 6.07) is 12.1. The Labute approximate surface area is 170 Å². The standard InChI is InChI=1S/C23H25N3O3/c1-23(2)12-16-6-5-7-19(22(16)29-23)28-15-21(27)26(17-9-10-17)14-18-13-24-20-8-3-4-11-25(18)20/h3-8,11,13,17H,9-10,12,14-15H2,1-2H3. The number of ether oxygens (including phenoxy) is 2. The first kappa shape index (κ1) is 18.0. The number of hydrogen-bond donors (Lipinski definition) is 0. The second kappa shape index (κ2) is 6.79. The molecule has 1 aliphatic heterocycles. The number of hydrogen-bond acceptors (Lipinski definition) is 4. The molecule has 3 heterocycles. The molecule has 0 saturated heterocycles. The van der Waals surface area contributed by atoms with Crippen LogP contribution in [0.2, 0.25) is 0 Å². The van der Waals surface area contributed by atoms with Crippen molar-refractivity contribution in [2.45, 2.75) is 51.3 Å². The van der Waals surface area contributed by atoms with Gasteiger partial charge >= 0.3 is 0 Å². The van der Waals surface area contributed by atoms with Crippen LogP contribution >= 0.6 is 0 Å². The number of imidazole rings is 1. The average molecular weight is 391 g/mol. The van der Waals surface area contributed by atoms with Gasteiger partial charge in [-0.2, -0.15) is 0 Å². The summed E-state index contributed by atoms with van der Waals surface area (Å²) in [5, 5.41) is 0. The van der Waals surface area contributed by atoms with E-state index in [1.807, 2.05) is 52.0 Å². The van der Waals surface area contributed by atoms with Gasteiger partial charge in [-0.3, -0.25) is 4.79 Å². The lowest BCUT2D eigenvalue weighted by Gasteiger charge is -2.23. The highest BCUT2D eigenvalue weighted by Crippen LogP contribution is 2.41. The first-order valence-corrected chi connectivity index (χ1v) is 10.1. The highest BCUT2D eigenvalue weighted by atomic mass is 16.5. The molecule has 0 unspecified atom stereocenters. The topological polar surface area (TPSA) is 56.1 Å². The molecule has 6 heteroatoms. The Bertz CT molecular complexity index is 1070. The molecule has 1 aliphatic carbocycles. The van der Waals surface area contributed by atoms with Crippen LogP contribution in [0.1, 0.15) is 37.9 Å². The monoisotopic (exact) mass is 391 g/mol. The number of fused-ring (bicyclic) bond motifs is 2. The van der Waals surface area contributed by atoms with Crippen LogP contribution in [-0.4, -0.2) is 38.4 Å². The third kappa shape index (κ3) is 3.55. The third-order valence-corrected chi connectivity index (χ3v) is 5.54. The molecule has 150 valence electrons. The predicted octanol–water partition coefficient (Wildman–Crippen LogP) is 3.62. The fraction of sp³-hybridized carbons (Fsp3) is 0.391. The zero-order valence-corrected chi connectivity index (χ0v) is 16.8. The number of carbonyl (C=O) groups is 1. The van der Waals surface area contributed by atoms with Crippen molar-refractivity contribution < 1.29 is 14.3 Å². The fourth-order valence-electron chi connectivity index (χ4n) is 4.01. The van der Waals surface area contributed by atoms with E-state index in [-0.39, 0.29) is 24.2 Å². The van der Waals surface area contributed by atoms with Crippen LogP contribution in [0.5, 0.6) is 11.5 Å². The second-order valence-electron chi connectivity index (χ2n) is 8.50. The van der Waals surface area contributed by atoms with Crippen molar-refractivity contribution in [2.75, 3.05) is 6.61 Å². The van der Waals surface area contributed by atoms with Gasteiger partial charge in [0.2, 0.25) is 0 Å². The molecule has 0 atom stereocenters. The summed E-state index contributed by atoms with van der Waals surface area (Å²) in [7, 11) is 0. The van der Waals surface area contributed by atoms with Crippen molar-refractivity contribution >= 4 is 11.6 Å². The number of amides is 1. The molecule has 29 heavy (non-hydrogen) atoms. The van der Waals surface area contributed by atoms with Crippen LogP contribution in [-0.2, 0) is 17.8 Å². The summed E-state index contributed by atoms with van der Waals surface area (Å²) in [5.41, 5.74) is 2.78.